The highest BCUT2D eigenvalue weighted by Gasteiger charge is 2.18. The van der Waals surface area contributed by atoms with E-state index in [4.69, 9.17) is 4.52 Å². The third kappa shape index (κ3) is 3.78. The highest BCUT2D eigenvalue weighted by atomic mass is 32.1. The lowest BCUT2D eigenvalue weighted by Crippen LogP contribution is -2.23. The fourth-order valence-corrected chi connectivity index (χ4v) is 3.24. The van der Waals surface area contributed by atoms with Crippen LogP contribution in [0.3, 0.4) is 0 Å². The summed E-state index contributed by atoms with van der Waals surface area (Å²) in [6.07, 6.45) is 0. The van der Waals surface area contributed by atoms with Crippen LogP contribution in [-0.2, 0) is 6.54 Å². The van der Waals surface area contributed by atoms with Crippen molar-refractivity contribution in [1.29, 1.82) is 0 Å². The molecule has 0 saturated heterocycles. The van der Waals surface area contributed by atoms with Crippen molar-refractivity contribution >= 4 is 17.2 Å². The Morgan fingerprint density at radius 1 is 1.07 bits per heavy atom. The molecule has 1 N–H and O–H groups in total. The molecule has 0 spiro atoms. The van der Waals surface area contributed by atoms with E-state index < -0.39 is 0 Å². The number of halogens is 1. The molecule has 0 unspecified atom stereocenters. The number of nitrogens with zero attached hydrogens (tertiary/aromatic N) is 2. The number of amides is 1. The summed E-state index contributed by atoms with van der Waals surface area (Å²) in [5.74, 6) is 0.00533. The van der Waals surface area contributed by atoms with E-state index in [0.717, 1.165) is 4.88 Å². The van der Waals surface area contributed by atoms with Crippen LogP contribution in [0.2, 0.25) is 0 Å². The Kier molecular flexibility index (Phi) is 4.76. The van der Waals surface area contributed by atoms with Crippen LogP contribution in [0.4, 0.5) is 4.39 Å². The fourth-order valence-electron chi connectivity index (χ4n) is 2.59. The van der Waals surface area contributed by atoms with Crippen LogP contribution in [0.5, 0.6) is 0 Å². The van der Waals surface area contributed by atoms with Gasteiger partial charge in [-0.15, -0.1) is 11.3 Å². The average Bonchev–Trinajstić information content (AvgIpc) is 3.39. The Morgan fingerprint density at radius 3 is 2.67 bits per heavy atom. The first-order valence-electron chi connectivity index (χ1n) is 8.20. The molecular formula is C20H14FN3O2S. The maximum absolute atomic E-state index is 13.1. The van der Waals surface area contributed by atoms with E-state index in [1.807, 2.05) is 17.5 Å². The minimum atomic E-state index is -0.338. The second-order valence-corrected chi connectivity index (χ2v) is 6.77. The summed E-state index contributed by atoms with van der Waals surface area (Å²) in [5, 5.41) is 8.80. The van der Waals surface area contributed by atoms with Gasteiger partial charge in [0.25, 0.3) is 11.8 Å². The normalized spacial score (nSPS) is 10.7. The van der Waals surface area contributed by atoms with Gasteiger partial charge in [-0.2, -0.15) is 4.98 Å². The number of benzene rings is 2. The van der Waals surface area contributed by atoms with Crippen LogP contribution in [-0.4, -0.2) is 16.0 Å². The smallest absolute Gasteiger partial charge is 0.259 e. The van der Waals surface area contributed by atoms with Crippen molar-refractivity contribution in [1.82, 2.24) is 15.5 Å². The zero-order chi connectivity index (χ0) is 18.6. The lowest BCUT2D eigenvalue weighted by Gasteiger charge is -2.06. The topological polar surface area (TPSA) is 68.0 Å². The first-order valence-corrected chi connectivity index (χ1v) is 9.08. The number of aromatic nitrogens is 2. The second-order valence-electron chi connectivity index (χ2n) is 5.74. The molecule has 7 heteroatoms. The summed E-state index contributed by atoms with van der Waals surface area (Å²) < 4.78 is 18.4. The predicted octanol–water partition coefficient (Wildman–Crippen LogP) is 4.53. The minimum absolute atomic E-state index is 0.222. The third-order valence-corrected chi connectivity index (χ3v) is 4.81. The average molecular weight is 379 g/mol. The van der Waals surface area contributed by atoms with Gasteiger partial charge >= 0.3 is 0 Å². The Bertz CT molecular complexity index is 1060. The van der Waals surface area contributed by atoms with Gasteiger partial charge in [-0.3, -0.25) is 4.79 Å². The largest absolute Gasteiger partial charge is 0.347 e. The van der Waals surface area contributed by atoms with Gasteiger partial charge in [-0.25, -0.2) is 4.39 Å². The van der Waals surface area contributed by atoms with Crippen molar-refractivity contribution in [3.8, 4) is 22.8 Å². The summed E-state index contributed by atoms with van der Waals surface area (Å²) in [5.41, 5.74) is 1.62. The van der Waals surface area contributed by atoms with Crippen molar-refractivity contribution in [2.45, 2.75) is 6.54 Å². The first kappa shape index (κ1) is 17.1. The highest BCUT2D eigenvalue weighted by molar-refractivity contribution is 7.09. The summed E-state index contributed by atoms with van der Waals surface area (Å²) in [7, 11) is 0. The van der Waals surface area contributed by atoms with Crippen molar-refractivity contribution in [2.24, 2.45) is 0 Å². The molecule has 4 aromatic rings. The summed E-state index contributed by atoms with van der Waals surface area (Å²) >= 11 is 1.58. The van der Waals surface area contributed by atoms with Crippen LogP contribution < -0.4 is 5.32 Å². The molecule has 0 aliphatic rings. The Hall–Kier alpha value is -3.32. The van der Waals surface area contributed by atoms with Crippen molar-refractivity contribution < 1.29 is 13.7 Å². The van der Waals surface area contributed by atoms with Gasteiger partial charge in [-0.05, 0) is 47.8 Å². The van der Waals surface area contributed by atoms with Gasteiger partial charge in [0.05, 0.1) is 17.7 Å². The molecule has 0 aliphatic heterocycles. The van der Waals surface area contributed by atoms with Gasteiger partial charge in [0.1, 0.15) is 5.82 Å². The molecule has 2 aromatic heterocycles. The van der Waals surface area contributed by atoms with E-state index in [1.165, 1.54) is 12.1 Å². The number of hydrogen-bond donors (Lipinski definition) is 1. The number of hydrogen-bond acceptors (Lipinski definition) is 5. The van der Waals surface area contributed by atoms with Gasteiger partial charge in [0, 0.05) is 10.4 Å². The van der Waals surface area contributed by atoms with Gasteiger partial charge in [0.2, 0.25) is 5.82 Å². The van der Waals surface area contributed by atoms with Gasteiger partial charge in [0.15, 0.2) is 0 Å². The molecule has 0 radical (unpaired) electrons. The number of thiophene rings is 1. The number of carbonyl (C=O) groups excluding carboxylic acids is 1. The second kappa shape index (κ2) is 7.51. The third-order valence-electron chi connectivity index (χ3n) is 3.93. The van der Waals surface area contributed by atoms with Crippen molar-refractivity contribution in [3.05, 3.63) is 82.3 Å². The molecule has 0 bridgehead atoms. The highest BCUT2D eigenvalue weighted by Crippen LogP contribution is 2.25. The zero-order valence-electron chi connectivity index (χ0n) is 14.1. The first-order chi connectivity index (χ1) is 13.2. The lowest BCUT2D eigenvalue weighted by atomic mass is 10.1. The van der Waals surface area contributed by atoms with Crippen molar-refractivity contribution in [3.63, 3.8) is 0 Å². The molecule has 0 atom stereocenters. The summed E-state index contributed by atoms with van der Waals surface area (Å²) in [4.78, 5) is 18.0. The molecule has 0 aliphatic carbocycles. The molecule has 2 heterocycles. The van der Waals surface area contributed by atoms with Crippen LogP contribution in [0.1, 0.15) is 15.2 Å². The summed E-state index contributed by atoms with van der Waals surface area (Å²) in [6.45, 7) is 0.454. The van der Waals surface area contributed by atoms with Crippen LogP contribution in [0.25, 0.3) is 22.8 Å². The molecule has 5 nitrogen and oxygen atoms in total. The number of carbonyl (C=O) groups is 1. The monoisotopic (exact) mass is 379 g/mol. The molecule has 0 fully saturated rings. The SMILES string of the molecule is O=C(NCc1cccs1)c1ccccc1-c1nc(-c2ccc(F)cc2)no1. The van der Waals surface area contributed by atoms with Gasteiger partial charge in [-0.1, -0.05) is 23.4 Å². The number of nitrogens with one attached hydrogen (secondary N) is 1. The lowest BCUT2D eigenvalue weighted by molar-refractivity contribution is 0.0951. The zero-order valence-corrected chi connectivity index (χ0v) is 14.9. The fraction of sp³-hybridized carbons (Fsp3) is 0.0500. The van der Waals surface area contributed by atoms with Crippen LogP contribution in [0.15, 0.2) is 70.6 Å². The summed E-state index contributed by atoms with van der Waals surface area (Å²) in [6, 6.07) is 16.7. The van der Waals surface area contributed by atoms with Crippen molar-refractivity contribution in [2.75, 3.05) is 0 Å². The van der Waals surface area contributed by atoms with Gasteiger partial charge < -0.3 is 9.84 Å². The molecule has 27 heavy (non-hydrogen) atoms. The quantitative estimate of drug-likeness (QED) is 0.553. The molecule has 134 valence electrons. The Balaban J connectivity index is 1.59. The Morgan fingerprint density at radius 2 is 1.89 bits per heavy atom. The number of rotatable bonds is 5. The van der Waals surface area contributed by atoms with E-state index >= 15 is 0 Å². The van der Waals surface area contributed by atoms with Crippen LogP contribution >= 0.6 is 11.3 Å². The minimum Gasteiger partial charge on any atom is -0.347 e. The van der Waals surface area contributed by atoms with Crippen LogP contribution in [0, 0.1) is 5.82 Å². The molecule has 1 amide bonds. The van der Waals surface area contributed by atoms with E-state index in [1.54, 1.807) is 47.7 Å². The van der Waals surface area contributed by atoms with E-state index in [9.17, 15) is 9.18 Å². The van der Waals surface area contributed by atoms with E-state index in [2.05, 4.69) is 15.5 Å². The predicted molar refractivity (Wildman–Crippen MR) is 101 cm³/mol. The maximum atomic E-state index is 13.1. The molecule has 2 aromatic carbocycles. The van der Waals surface area contributed by atoms with E-state index in [-0.39, 0.29) is 17.6 Å². The Labute approximate surface area is 158 Å². The molecular weight excluding hydrogens is 365 g/mol. The maximum Gasteiger partial charge on any atom is 0.259 e. The molecule has 4 rings (SSSR count). The molecule has 0 saturated carbocycles. The van der Waals surface area contributed by atoms with E-state index in [0.29, 0.717) is 29.1 Å². The standard InChI is InChI=1S/C20H14FN3O2S/c21-14-9-7-13(8-10-14)18-23-20(26-24-18)17-6-2-1-5-16(17)19(25)22-12-15-4-3-11-27-15/h1-11H,12H2,(H,22,25).